The molecular weight excluding hydrogens is 160 g/mol. The Morgan fingerprint density at radius 2 is 2.08 bits per heavy atom. The molecule has 1 aliphatic carbocycles. The third kappa shape index (κ3) is 1.62. The summed E-state index contributed by atoms with van der Waals surface area (Å²) in [6.45, 7) is 8.07. The van der Waals surface area contributed by atoms with Crippen molar-refractivity contribution in [3.05, 3.63) is 0 Å². The van der Waals surface area contributed by atoms with Crippen LogP contribution in [0.15, 0.2) is 0 Å². The first-order valence-corrected chi connectivity index (χ1v) is 5.45. The lowest BCUT2D eigenvalue weighted by Crippen LogP contribution is -2.49. The van der Waals surface area contributed by atoms with Crippen LogP contribution in [-0.4, -0.2) is 18.1 Å². The molecule has 2 nitrogen and oxygen atoms in total. The van der Waals surface area contributed by atoms with Crippen molar-refractivity contribution in [3.8, 4) is 0 Å². The highest BCUT2D eigenvalue weighted by molar-refractivity contribution is 5.15. The third-order valence-corrected chi connectivity index (χ3v) is 3.80. The van der Waals surface area contributed by atoms with Gasteiger partial charge in [-0.15, -0.1) is 0 Å². The number of piperidine rings is 1. The van der Waals surface area contributed by atoms with Gasteiger partial charge in [0.1, 0.15) is 0 Å². The van der Waals surface area contributed by atoms with E-state index in [0.717, 1.165) is 12.5 Å². The van der Waals surface area contributed by atoms with Crippen LogP contribution in [-0.2, 0) is 0 Å². The Balaban J connectivity index is 1.96. The molecule has 3 unspecified atom stereocenters. The molecule has 2 rings (SSSR count). The zero-order chi connectivity index (χ0) is 9.69. The zero-order valence-electron chi connectivity index (χ0n) is 9.06. The monoisotopic (exact) mass is 182 g/mol. The van der Waals surface area contributed by atoms with Crippen molar-refractivity contribution in [2.45, 2.75) is 51.6 Å². The van der Waals surface area contributed by atoms with Crippen LogP contribution in [0.25, 0.3) is 0 Å². The van der Waals surface area contributed by atoms with Gasteiger partial charge in [-0.25, -0.2) is 0 Å². The van der Waals surface area contributed by atoms with Gasteiger partial charge in [-0.1, -0.05) is 20.8 Å². The van der Waals surface area contributed by atoms with Gasteiger partial charge in [-0.3, -0.25) is 0 Å². The summed E-state index contributed by atoms with van der Waals surface area (Å²) >= 11 is 0. The lowest BCUT2D eigenvalue weighted by atomic mass is 9.84. The van der Waals surface area contributed by atoms with Gasteiger partial charge in [-0.05, 0) is 30.6 Å². The molecule has 13 heavy (non-hydrogen) atoms. The summed E-state index contributed by atoms with van der Waals surface area (Å²) in [5, 5.41) is 3.65. The summed E-state index contributed by atoms with van der Waals surface area (Å²) in [7, 11) is 0. The molecule has 0 aromatic carbocycles. The summed E-state index contributed by atoms with van der Waals surface area (Å²) in [4.78, 5) is 0. The van der Waals surface area contributed by atoms with Crippen molar-refractivity contribution in [2.75, 3.05) is 6.54 Å². The maximum absolute atomic E-state index is 5.88. The first-order chi connectivity index (χ1) is 5.94. The van der Waals surface area contributed by atoms with Crippen LogP contribution in [0.1, 0.15) is 40.0 Å². The topological polar surface area (TPSA) is 38.0 Å². The molecule has 0 amide bonds. The number of hydrogen-bond donors (Lipinski definition) is 2. The number of hydrogen-bond acceptors (Lipinski definition) is 2. The van der Waals surface area contributed by atoms with E-state index >= 15 is 0 Å². The summed E-state index contributed by atoms with van der Waals surface area (Å²) in [6, 6.07) is 0.395. The number of nitrogens with one attached hydrogen (secondary N) is 1. The Morgan fingerprint density at radius 1 is 1.38 bits per heavy atom. The fraction of sp³-hybridized carbons (Fsp3) is 1.00. The molecular formula is C11H22N2. The van der Waals surface area contributed by atoms with Crippen LogP contribution < -0.4 is 11.1 Å². The Hall–Kier alpha value is -0.0800. The minimum Gasteiger partial charge on any atom is -0.327 e. The molecule has 3 atom stereocenters. The molecule has 1 aliphatic heterocycles. The maximum Gasteiger partial charge on any atom is 0.0220 e. The van der Waals surface area contributed by atoms with E-state index in [1.807, 2.05) is 0 Å². The molecule has 1 heterocycles. The molecule has 2 aliphatic rings. The molecule has 2 fully saturated rings. The van der Waals surface area contributed by atoms with Gasteiger partial charge in [0.25, 0.3) is 0 Å². The van der Waals surface area contributed by atoms with Crippen LogP contribution >= 0.6 is 0 Å². The fourth-order valence-electron chi connectivity index (χ4n) is 2.88. The predicted molar refractivity (Wildman–Crippen MR) is 55.5 cm³/mol. The summed E-state index contributed by atoms with van der Waals surface area (Å²) < 4.78 is 0. The standard InChI is InChI=1S/C11H22N2/c1-10(2,3)9-6-11(9)5-4-8(12)7-13-11/h8-9,13H,4-7,12H2,1-3H3. The van der Waals surface area contributed by atoms with Gasteiger partial charge < -0.3 is 11.1 Å². The third-order valence-electron chi connectivity index (χ3n) is 3.80. The second-order valence-corrected chi connectivity index (χ2v) is 5.96. The molecule has 76 valence electrons. The maximum atomic E-state index is 5.88. The number of rotatable bonds is 0. The Labute approximate surface area is 81.3 Å². The van der Waals surface area contributed by atoms with Gasteiger partial charge >= 0.3 is 0 Å². The van der Waals surface area contributed by atoms with E-state index in [9.17, 15) is 0 Å². The van der Waals surface area contributed by atoms with E-state index in [2.05, 4.69) is 26.1 Å². The van der Waals surface area contributed by atoms with Crippen molar-refractivity contribution in [1.29, 1.82) is 0 Å². The van der Waals surface area contributed by atoms with Crippen molar-refractivity contribution in [3.63, 3.8) is 0 Å². The van der Waals surface area contributed by atoms with E-state index < -0.39 is 0 Å². The van der Waals surface area contributed by atoms with Crippen molar-refractivity contribution in [2.24, 2.45) is 17.1 Å². The minimum atomic E-state index is 0.395. The quantitative estimate of drug-likeness (QED) is 0.596. The van der Waals surface area contributed by atoms with E-state index in [4.69, 9.17) is 5.73 Å². The Kier molecular flexibility index (Phi) is 1.97. The molecule has 1 saturated heterocycles. The molecule has 3 N–H and O–H groups in total. The summed E-state index contributed by atoms with van der Waals surface area (Å²) in [5.41, 5.74) is 6.82. The van der Waals surface area contributed by atoms with Gasteiger partial charge in [-0.2, -0.15) is 0 Å². The lowest BCUT2D eigenvalue weighted by molar-refractivity contribution is 0.252. The molecule has 0 radical (unpaired) electrons. The second kappa shape index (κ2) is 2.71. The van der Waals surface area contributed by atoms with E-state index in [-0.39, 0.29) is 0 Å². The van der Waals surface area contributed by atoms with E-state index in [0.29, 0.717) is 17.0 Å². The van der Waals surface area contributed by atoms with Gasteiger partial charge in [0.15, 0.2) is 0 Å². The zero-order valence-corrected chi connectivity index (χ0v) is 9.06. The molecule has 0 bridgehead atoms. The average Bonchev–Trinajstić information content (AvgIpc) is 2.71. The smallest absolute Gasteiger partial charge is 0.0220 e. The van der Waals surface area contributed by atoms with Crippen LogP contribution in [0, 0.1) is 11.3 Å². The van der Waals surface area contributed by atoms with Crippen molar-refractivity contribution >= 4 is 0 Å². The molecule has 2 heteroatoms. The minimum absolute atomic E-state index is 0.395. The SMILES string of the molecule is CC(C)(C)C1CC12CCC(N)CN2. The van der Waals surface area contributed by atoms with Crippen molar-refractivity contribution < 1.29 is 0 Å². The average molecular weight is 182 g/mol. The van der Waals surface area contributed by atoms with Gasteiger partial charge in [0.05, 0.1) is 0 Å². The largest absolute Gasteiger partial charge is 0.327 e. The normalized spacial score (nSPS) is 45.2. The second-order valence-electron chi connectivity index (χ2n) is 5.96. The van der Waals surface area contributed by atoms with Crippen LogP contribution in [0.2, 0.25) is 0 Å². The molecule has 0 aromatic heterocycles. The predicted octanol–water partition coefficient (Wildman–Crippen LogP) is 1.50. The molecule has 1 saturated carbocycles. The lowest BCUT2D eigenvalue weighted by Gasteiger charge is -2.32. The van der Waals surface area contributed by atoms with Crippen LogP contribution in [0.4, 0.5) is 0 Å². The molecule has 1 spiro atoms. The Bertz CT molecular complexity index is 197. The molecule has 0 aromatic rings. The highest BCUT2D eigenvalue weighted by atomic mass is 15.1. The van der Waals surface area contributed by atoms with Crippen molar-refractivity contribution in [1.82, 2.24) is 5.32 Å². The first kappa shape index (κ1) is 9.47. The summed E-state index contributed by atoms with van der Waals surface area (Å²) in [6.07, 6.45) is 3.86. The van der Waals surface area contributed by atoms with Gasteiger partial charge in [0, 0.05) is 18.1 Å². The highest BCUT2D eigenvalue weighted by Crippen LogP contribution is 2.57. The summed E-state index contributed by atoms with van der Waals surface area (Å²) in [5.74, 6) is 0.868. The van der Waals surface area contributed by atoms with Crippen LogP contribution in [0.3, 0.4) is 0 Å². The highest BCUT2D eigenvalue weighted by Gasteiger charge is 2.59. The number of nitrogens with two attached hydrogens (primary N) is 1. The van der Waals surface area contributed by atoms with Crippen LogP contribution in [0.5, 0.6) is 0 Å². The fourth-order valence-corrected chi connectivity index (χ4v) is 2.88. The Morgan fingerprint density at radius 3 is 2.46 bits per heavy atom. The van der Waals surface area contributed by atoms with Gasteiger partial charge in [0.2, 0.25) is 0 Å². The first-order valence-electron chi connectivity index (χ1n) is 5.45. The van der Waals surface area contributed by atoms with E-state index in [1.165, 1.54) is 19.3 Å². The van der Waals surface area contributed by atoms with E-state index in [1.54, 1.807) is 0 Å².